The summed E-state index contributed by atoms with van der Waals surface area (Å²) in [7, 11) is 1.35. The highest BCUT2D eigenvalue weighted by Crippen LogP contribution is 2.07. The molecular formula is C8H14O3. The molecule has 0 aliphatic heterocycles. The van der Waals surface area contributed by atoms with Crippen molar-refractivity contribution in [1.82, 2.24) is 0 Å². The van der Waals surface area contributed by atoms with Gasteiger partial charge in [-0.1, -0.05) is 5.57 Å². The minimum Gasteiger partial charge on any atom is -0.466 e. The van der Waals surface area contributed by atoms with Crippen LogP contribution in [-0.2, 0) is 9.53 Å². The molecule has 0 amide bonds. The maximum atomic E-state index is 10.9. The summed E-state index contributed by atoms with van der Waals surface area (Å²) in [6.45, 7) is 3.57. The summed E-state index contributed by atoms with van der Waals surface area (Å²) in [5.41, 5.74) is 1.46. The Labute approximate surface area is 66.7 Å². The van der Waals surface area contributed by atoms with Crippen molar-refractivity contribution in [2.45, 2.75) is 20.3 Å². The van der Waals surface area contributed by atoms with Gasteiger partial charge in [-0.2, -0.15) is 0 Å². The molecule has 0 aromatic rings. The molecule has 0 atom stereocenters. The van der Waals surface area contributed by atoms with Gasteiger partial charge in [-0.25, -0.2) is 4.79 Å². The maximum Gasteiger partial charge on any atom is 0.333 e. The summed E-state index contributed by atoms with van der Waals surface area (Å²) in [5.74, 6) is -0.323. The summed E-state index contributed by atoms with van der Waals surface area (Å²) >= 11 is 0. The highest BCUT2D eigenvalue weighted by atomic mass is 16.5. The van der Waals surface area contributed by atoms with Crippen LogP contribution in [0.1, 0.15) is 20.3 Å². The average molecular weight is 158 g/mol. The number of hydrogen-bond acceptors (Lipinski definition) is 3. The monoisotopic (exact) mass is 158 g/mol. The molecule has 0 aromatic carbocycles. The predicted octanol–water partition coefficient (Wildman–Crippen LogP) is 0.878. The van der Waals surface area contributed by atoms with E-state index in [2.05, 4.69) is 4.74 Å². The summed E-state index contributed by atoms with van der Waals surface area (Å²) in [4.78, 5) is 10.9. The zero-order chi connectivity index (χ0) is 8.85. The minimum absolute atomic E-state index is 0.0696. The van der Waals surface area contributed by atoms with Gasteiger partial charge >= 0.3 is 5.97 Å². The Balaban J connectivity index is 4.26. The molecule has 0 aliphatic carbocycles. The molecule has 0 bridgehead atoms. The number of aliphatic hydroxyl groups is 1. The summed E-state index contributed by atoms with van der Waals surface area (Å²) in [5, 5.41) is 8.55. The number of aliphatic hydroxyl groups excluding tert-OH is 1. The van der Waals surface area contributed by atoms with Crippen molar-refractivity contribution >= 4 is 5.97 Å². The lowest BCUT2D eigenvalue weighted by molar-refractivity contribution is -0.136. The van der Waals surface area contributed by atoms with Crippen molar-refractivity contribution in [1.29, 1.82) is 0 Å². The predicted molar refractivity (Wildman–Crippen MR) is 42.1 cm³/mol. The molecule has 0 unspecified atom stereocenters. The van der Waals surface area contributed by atoms with Gasteiger partial charge in [0.2, 0.25) is 0 Å². The molecule has 0 saturated carbocycles. The van der Waals surface area contributed by atoms with Crippen molar-refractivity contribution < 1.29 is 14.6 Å². The van der Waals surface area contributed by atoms with Crippen LogP contribution in [0.15, 0.2) is 11.1 Å². The van der Waals surface area contributed by atoms with Crippen LogP contribution in [-0.4, -0.2) is 24.8 Å². The molecule has 0 saturated heterocycles. The molecule has 0 rings (SSSR count). The third kappa shape index (κ3) is 3.18. The van der Waals surface area contributed by atoms with Gasteiger partial charge in [-0.05, 0) is 20.3 Å². The number of hydrogen-bond donors (Lipinski definition) is 1. The highest BCUT2D eigenvalue weighted by molar-refractivity contribution is 5.88. The summed E-state index contributed by atoms with van der Waals surface area (Å²) in [6, 6.07) is 0. The number of esters is 1. The van der Waals surface area contributed by atoms with E-state index in [-0.39, 0.29) is 12.6 Å². The van der Waals surface area contributed by atoms with E-state index >= 15 is 0 Å². The smallest absolute Gasteiger partial charge is 0.333 e. The van der Waals surface area contributed by atoms with Crippen LogP contribution >= 0.6 is 0 Å². The van der Waals surface area contributed by atoms with Crippen LogP contribution in [0.25, 0.3) is 0 Å². The molecule has 1 N–H and O–H groups in total. The van der Waals surface area contributed by atoms with Gasteiger partial charge in [0.1, 0.15) is 0 Å². The standard InChI is InChI=1S/C8H14O3/c1-6(4-5-9)7(2)8(10)11-3/h9H,4-5H2,1-3H3. The van der Waals surface area contributed by atoms with E-state index in [1.54, 1.807) is 6.92 Å². The van der Waals surface area contributed by atoms with Crippen LogP contribution in [0.4, 0.5) is 0 Å². The first kappa shape index (κ1) is 10.2. The van der Waals surface area contributed by atoms with E-state index in [0.717, 1.165) is 5.57 Å². The van der Waals surface area contributed by atoms with Gasteiger partial charge in [-0.3, -0.25) is 0 Å². The first-order chi connectivity index (χ1) is 5.13. The van der Waals surface area contributed by atoms with Crippen molar-refractivity contribution in [2.24, 2.45) is 0 Å². The molecule has 3 heteroatoms. The van der Waals surface area contributed by atoms with Crippen LogP contribution in [0.3, 0.4) is 0 Å². The first-order valence-electron chi connectivity index (χ1n) is 3.49. The largest absolute Gasteiger partial charge is 0.466 e. The van der Waals surface area contributed by atoms with E-state index in [1.165, 1.54) is 7.11 Å². The quantitative estimate of drug-likeness (QED) is 0.490. The lowest BCUT2D eigenvalue weighted by atomic mass is 10.1. The Morgan fingerprint density at radius 1 is 1.45 bits per heavy atom. The third-order valence-electron chi connectivity index (χ3n) is 1.62. The molecule has 64 valence electrons. The second-order valence-corrected chi connectivity index (χ2v) is 2.37. The zero-order valence-electron chi connectivity index (χ0n) is 7.18. The lowest BCUT2D eigenvalue weighted by Gasteiger charge is -2.03. The Morgan fingerprint density at radius 3 is 2.36 bits per heavy atom. The topological polar surface area (TPSA) is 46.5 Å². The van der Waals surface area contributed by atoms with Crippen molar-refractivity contribution in [3.63, 3.8) is 0 Å². The van der Waals surface area contributed by atoms with Crippen molar-refractivity contribution in [3.05, 3.63) is 11.1 Å². The first-order valence-corrected chi connectivity index (χ1v) is 3.49. The van der Waals surface area contributed by atoms with Gasteiger partial charge in [0.15, 0.2) is 0 Å². The molecule has 11 heavy (non-hydrogen) atoms. The molecule has 0 fully saturated rings. The Kier molecular flexibility index (Phi) is 4.54. The Morgan fingerprint density at radius 2 is 2.00 bits per heavy atom. The van der Waals surface area contributed by atoms with Gasteiger partial charge in [0.25, 0.3) is 0 Å². The molecular weight excluding hydrogens is 144 g/mol. The third-order valence-corrected chi connectivity index (χ3v) is 1.62. The van der Waals surface area contributed by atoms with Gasteiger partial charge in [0, 0.05) is 12.2 Å². The highest BCUT2D eigenvalue weighted by Gasteiger charge is 2.05. The average Bonchev–Trinajstić information content (AvgIpc) is 2.02. The van der Waals surface area contributed by atoms with E-state index in [9.17, 15) is 4.79 Å². The molecule has 3 nitrogen and oxygen atoms in total. The second kappa shape index (κ2) is 4.91. The maximum absolute atomic E-state index is 10.9. The number of methoxy groups -OCH3 is 1. The van der Waals surface area contributed by atoms with Crippen LogP contribution in [0, 0.1) is 0 Å². The SMILES string of the molecule is COC(=O)C(C)=C(C)CCO. The van der Waals surface area contributed by atoms with Gasteiger partial charge in [-0.15, -0.1) is 0 Å². The zero-order valence-corrected chi connectivity index (χ0v) is 7.18. The molecule has 0 spiro atoms. The summed E-state index contributed by atoms with van der Waals surface area (Å²) in [6.07, 6.45) is 0.529. The lowest BCUT2D eigenvalue weighted by Crippen LogP contribution is -2.04. The van der Waals surface area contributed by atoms with E-state index in [4.69, 9.17) is 5.11 Å². The van der Waals surface area contributed by atoms with E-state index in [1.807, 2.05) is 6.92 Å². The normalized spacial score (nSPS) is 12.4. The van der Waals surface area contributed by atoms with Gasteiger partial charge < -0.3 is 9.84 Å². The number of rotatable bonds is 3. The van der Waals surface area contributed by atoms with Crippen molar-refractivity contribution in [2.75, 3.05) is 13.7 Å². The van der Waals surface area contributed by atoms with Crippen LogP contribution in [0.2, 0.25) is 0 Å². The van der Waals surface area contributed by atoms with E-state index < -0.39 is 0 Å². The van der Waals surface area contributed by atoms with Crippen LogP contribution < -0.4 is 0 Å². The number of carbonyl (C=O) groups is 1. The Hall–Kier alpha value is -0.830. The van der Waals surface area contributed by atoms with E-state index in [0.29, 0.717) is 12.0 Å². The van der Waals surface area contributed by atoms with Crippen molar-refractivity contribution in [3.8, 4) is 0 Å². The fraction of sp³-hybridized carbons (Fsp3) is 0.625. The number of ether oxygens (including phenoxy) is 1. The summed E-state index contributed by atoms with van der Waals surface area (Å²) < 4.78 is 4.50. The van der Waals surface area contributed by atoms with Crippen LogP contribution in [0.5, 0.6) is 0 Å². The minimum atomic E-state index is -0.323. The second-order valence-electron chi connectivity index (χ2n) is 2.37. The fourth-order valence-electron chi connectivity index (χ4n) is 0.683. The fourth-order valence-corrected chi connectivity index (χ4v) is 0.683. The van der Waals surface area contributed by atoms with Gasteiger partial charge in [0.05, 0.1) is 7.11 Å². The number of carbonyl (C=O) groups excluding carboxylic acids is 1. The molecule has 0 heterocycles. The Bertz CT molecular complexity index is 170. The molecule has 0 radical (unpaired) electrons. The molecule has 0 aliphatic rings. The molecule has 0 aromatic heterocycles.